The van der Waals surface area contributed by atoms with Crippen LogP contribution < -0.4 is 17.7 Å². The van der Waals surface area contributed by atoms with Gasteiger partial charge in [-0.1, -0.05) is 6.07 Å². The maximum absolute atomic E-state index is 3.18. The summed E-state index contributed by atoms with van der Waals surface area (Å²) in [6.45, 7) is 2.16. The van der Waals surface area contributed by atoms with E-state index in [-0.39, 0.29) is 12.4 Å². The Labute approximate surface area is 71.9 Å². The Morgan fingerprint density at radius 3 is 2.70 bits per heavy atom. The summed E-state index contributed by atoms with van der Waals surface area (Å²) >= 11 is 1.79. The predicted octanol–water partition coefficient (Wildman–Crippen LogP) is -0.967. The summed E-state index contributed by atoms with van der Waals surface area (Å²) in [5.41, 5.74) is 0. The van der Waals surface area contributed by atoms with Gasteiger partial charge in [-0.05, 0) is 25.4 Å². The third-order valence-corrected chi connectivity index (χ3v) is 2.46. The lowest BCUT2D eigenvalue weighted by molar-refractivity contribution is -0.00000192. The van der Waals surface area contributed by atoms with E-state index in [1.54, 1.807) is 11.3 Å². The van der Waals surface area contributed by atoms with E-state index >= 15 is 0 Å². The smallest absolute Gasteiger partial charge is 0.0383 e. The molecule has 1 aromatic heterocycles. The van der Waals surface area contributed by atoms with Gasteiger partial charge in [0.2, 0.25) is 0 Å². The van der Waals surface area contributed by atoms with Crippen LogP contribution in [0.4, 0.5) is 0 Å². The topological polar surface area (TPSA) is 12.0 Å². The summed E-state index contributed by atoms with van der Waals surface area (Å²) in [6, 6.07) is 4.73. The quantitative estimate of drug-likeness (QED) is 0.612. The van der Waals surface area contributed by atoms with Crippen LogP contribution in [0.25, 0.3) is 0 Å². The normalized spacial score (nSPS) is 12.2. The lowest BCUT2D eigenvalue weighted by Gasteiger charge is -2.04. The van der Waals surface area contributed by atoms with E-state index in [9.17, 15) is 0 Å². The molecule has 0 amide bonds. The first-order chi connectivity index (χ1) is 4.34. The van der Waals surface area contributed by atoms with Crippen molar-refractivity contribution < 1.29 is 12.4 Å². The molecule has 3 heteroatoms. The molecule has 1 aromatic rings. The molecule has 1 heterocycles. The molecule has 0 aliphatic rings. The first-order valence-corrected chi connectivity index (χ1v) is 3.93. The van der Waals surface area contributed by atoms with E-state index in [1.165, 1.54) is 4.88 Å². The molecular weight excluding hydrogens is 166 g/mol. The highest BCUT2D eigenvalue weighted by atomic mass is 35.5. The second kappa shape index (κ2) is 4.72. The summed E-state index contributed by atoms with van der Waals surface area (Å²) in [6.07, 6.45) is 0. The average Bonchev–Trinajstić information content (AvgIpc) is 2.37. The van der Waals surface area contributed by atoms with Gasteiger partial charge in [0.1, 0.15) is 0 Å². The Bertz CT molecular complexity index is 162. The van der Waals surface area contributed by atoms with E-state index in [0.717, 1.165) is 0 Å². The molecule has 1 rings (SSSR count). The Kier molecular flexibility index (Phi) is 4.69. The van der Waals surface area contributed by atoms with Gasteiger partial charge in [0.15, 0.2) is 0 Å². The molecular formula is C7H11ClNS-. The minimum atomic E-state index is 0. The van der Waals surface area contributed by atoms with E-state index in [2.05, 4.69) is 29.8 Å². The van der Waals surface area contributed by atoms with Crippen LogP contribution in [0.15, 0.2) is 17.5 Å². The lowest BCUT2D eigenvalue weighted by Crippen LogP contribution is -3.00. The molecule has 0 fully saturated rings. The zero-order chi connectivity index (χ0) is 6.69. The SMILES string of the molecule is CNC(C)c1cccs1.[Cl-]. The van der Waals surface area contributed by atoms with E-state index in [4.69, 9.17) is 0 Å². The van der Waals surface area contributed by atoms with Gasteiger partial charge in [-0.2, -0.15) is 0 Å². The maximum atomic E-state index is 3.18. The highest BCUT2D eigenvalue weighted by Gasteiger charge is 2.00. The molecule has 0 aliphatic carbocycles. The molecule has 0 spiro atoms. The van der Waals surface area contributed by atoms with Crippen LogP contribution in [-0.4, -0.2) is 7.05 Å². The highest BCUT2D eigenvalue weighted by molar-refractivity contribution is 7.10. The standard InChI is InChI=1S/C7H11NS.ClH/c1-6(8-2)7-4-3-5-9-7;/h3-6,8H,1-2H3;1H/p-1. The number of thiophene rings is 1. The van der Waals surface area contributed by atoms with Crippen molar-refractivity contribution in [3.8, 4) is 0 Å². The number of nitrogens with one attached hydrogen (secondary N) is 1. The predicted molar refractivity (Wildman–Crippen MR) is 41.8 cm³/mol. The van der Waals surface area contributed by atoms with Crippen LogP contribution in [0, 0.1) is 0 Å². The van der Waals surface area contributed by atoms with Crippen LogP contribution in [0.1, 0.15) is 17.8 Å². The highest BCUT2D eigenvalue weighted by Crippen LogP contribution is 2.16. The van der Waals surface area contributed by atoms with Crippen molar-refractivity contribution in [2.24, 2.45) is 0 Å². The second-order valence-corrected chi connectivity index (χ2v) is 3.01. The number of hydrogen-bond donors (Lipinski definition) is 1. The number of halogens is 1. The summed E-state index contributed by atoms with van der Waals surface area (Å²) in [5.74, 6) is 0. The number of hydrogen-bond acceptors (Lipinski definition) is 2. The molecule has 10 heavy (non-hydrogen) atoms. The molecule has 0 bridgehead atoms. The Hall–Kier alpha value is -0.0500. The lowest BCUT2D eigenvalue weighted by atomic mass is 10.3. The monoisotopic (exact) mass is 176 g/mol. The first kappa shape index (κ1) is 9.95. The van der Waals surface area contributed by atoms with Gasteiger partial charge >= 0.3 is 0 Å². The molecule has 0 aromatic carbocycles. The van der Waals surface area contributed by atoms with E-state index < -0.39 is 0 Å². The van der Waals surface area contributed by atoms with Crippen molar-refractivity contribution in [3.63, 3.8) is 0 Å². The van der Waals surface area contributed by atoms with Gasteiger partial charge in [0, 0.05) is 10.9 Å². The maximum Gasteiger partial charge on any atom is 0.0383 e. The van der Waals surface area contributed by atoms with Crippen molar-refractivity contribution >= 4 is 11.3 Å². The first-order valence-electron chi connectivity index (χ1n) is 3.05. The Morgan fingerprint density at radius 1 is 1.60 bits per heavy atom. The Morgan fingerprint density at radius 2 is 2.30 bits per heavy atom. The summed E-state index contributed by atoms with van der Waals surface area (Å²) < 4.78 is 0. The van der Waals surface area contributed by atoms with Crippen LogP contribution >= 0.6 is 11.3 Å². The zero-order valence-electron chi connectivity index (χ0n) is 6.10. The molecule has 1 atom stereocenters. The second-order valence-electron chi connectivity index (χ2n) is 2.03. The summed E-state index contributed by atoms with van der Waals surface area (Å²) in [5, 5.41) is 5.28. The van der Waals surface area contributed by atoms with Crippen molar-refractivity contribution in [2.45, 2.75) is 13.0 Å². The fourth-order valence-corrected chi connectivity index (χ4v) is 1.47. The van der Waals surface area contributed by atoms with Gasteiger partial charge < -0.3 is 17.7 Å². The minimum absolute atomic E-state index is 0. The van der Waals surface area contributed by atoms with Gasteiger partial charge in [-0.3, -0.25) is 0 Å². The van der Waals surface area contributed by atoms with Crippen molar-refractivity contribution in [1.82, 2.24) is 5.32 Å². The average molecular weight is 177 g/mol. The van der Waals surface area contributed by atoms with Gasteiger partial charge in [-0.15, -0.1) is 11.3 Å². The van der Waals surface area contributed by atoms with Crippen LogP contribution in [0.5, 0.6) is 0 Å². The zero-order valence-corrected chi connectivity index (χ0v) is 7.67. The van der Waals surface area contributed by atoms with Crippen molar-refractivity contribution in [1.29, 1.82) is 0 Å². The molecule has 1 unspecified atom stereocenters. The van der Waals surface area contributed by atoms with Gasteiger partial charge in [0.05, 0.1) is 0 Å². The fraction of sp³-hybridized carbons (Fsp3) is 0.429. The number of rotatable bonds is 2. The van der Waals surface area contributed by atoms with Gasteiger partial charge in [0.25, 0.3) is 0 Å². The molecule has 1 N–H and O–H groups in total. The third kappa shape index (κ3) is 2.29. The van der Waals surface area contributed by atoms with Crippen molar-refractivity contribution in [3.05, 3.63) is 22.4 Å². The van der Waals surface area contributed by atoms with E-state index in [1.807, 2.05) is 7.05 Å². The molecule has 0 radical (unpaired) electrons. The largest absolute Gasteiger partial charge is 1.00 e. The fourth-order valence-electron chi connectivity index (χ4n) is 0.680. The Balaban J connectivity index is 0.000000810. The summed E-state index contributed by atoms with van der Waals surface area (Å²) in [4.78, 5) is 1.40. The molecule has 1 nitrogen and oxygen atoms in total. The van der Waals surface area contributed by atoms with Crippen LogP contribution in [0.3, 0.4) is 0 Å². The molecule has 0 aliphatic heterocycles. The van der Waals surface area contributed by atoms with Crippen LogP contribution in [0.2, 0.25) is 0 Å². The van der Waals surface area contributed by atoms with E-state index in [0.29, 0.717) is 6.04 Å². The molecule has 0 saturated heterocycles. The third-order valence-electron chi connectivity index (χ3n) is 1.40. The van der Waals surface area contributed by atoms with Crippen molar-refractivity contribution in [2.75, 3.05) is 7.05 Å². The van der Waals surface area contributed by atoms with Gasteiger partial charge in [-0.25, -0.2) is 0 Å². The minimum Gasteiger partial charge on any atom is -1.00 e. The molecule has 58 valence electrons. The van der Waals surface area contributed by atoms with Crippen LogP contribution in [-0.2, 0) is 0 Å². The molecule has 0 saturated carbocycles. The summed E-state index contributed by atoms with van der Waals surface area (Å²) in [7, 11) is 1.98.